The van der Waals surface area contributed by atoms with Crippen LogP contribution in [0.15, 0.2) is 18.3 Å². The Labute approximate surface area is 96.6 Å². The highest BCUT2D eigenvalue weighted by atomic mass is 19.2. The van der Waals surface area contributed by atoms with Gasteiger partial charge in [0.25, 0.3) is 0 Å². The average Bonchev–Trinajstić information content (AvgIpc) is 2.64. The predicted molar refractivity (Wildman–Crippen MR) is 59.5 cm³/mol. The van der Waals surface area contributed by atoms with Gasteiger partial charge in [-0.2, -0.15) is 9.49 Å². The molecule has 0 aliphatic rings. The zero-order chi connectivity index (χ0) is 12.6. The van der Waals surface area contributed by atoms with E-state index in [1.165, 1.54) is 24.1 Å². The van der Waals surface area contributed by atoms with Gasteiger partial charge in [0.05, 0.1) is 13.3 Å². The summed E-state index contributed by atoms with van der Waals surface area (Å²) in [4.78, 5) is 0. The van der Waals surface area contributed by atoms with E-state index in [1.807, 2.05) is 0 Å². The van der Waals surface area contributed by atoms with E-state index < -0.39 is 11.6 Å². The van der Waals surface area contributed by atoms with E-state index >= 15 is 0 Å². The van der Waals surface area contributed by atoms with E-state index in [1.54, 1.807) is 7.05 Å². The van der Waals surface area contributed by atoms with Crippen molar-refractivity contribution >= 4 is 5.82 Å². The number of aromatic nitrogens is 2. The number of halogens is 2. The lowest BCUT2D eigenvalue weighted by Gasteiger charge is -2.09. The van der Waals surface area contributed by atoms with Crippen LogP contribution in [0.5, 0.6) is 5.75 Å². The summed E-state index contributed by atoms with van der Waals surface area (Å²) in [6, 6.07) is 2.43. The fourth-order valence-electron chi connectivity index (χ4n) is 1.60. The number of nitrogens with zero attached hydrogens (tertiary/aromatic N) is 2. The number of aryl methyl sites for hydroxylation is 1. The minimum atomic E-state index is -1.03. The van der Waals surface area contributed by atoms with Crippen LogP contribution in [0.25, 0.3) is 11.1 Å². The third-order valence-electron chi connectivity index (χ3n) is 2.53. The molecular formula is C11H11F2N3O. The number of methoxy groups -OCH3 is 1. The van der Waals surface area contributed by atoms with Crippen molar-refractivity contribution in [2.75, 3.05) is 12.8 Å². The van der Waals surface area contributed by atoms with Gasteiger partial charge in [0.1, 0.15) is 5.82 Å². The molecule has 0 spiro atoms. The topological polar surface area (TPSA) is 53.1 Å². The van der Waals surface area contributed by atoms with E-state index in [0.717, 1.165) is 6.07 Å². The second-order valence-corrected chi connectivity index (χ2v) is 3.51. The molecule has 0 unspecified atom stereocenters. The van der Waals surface area contributed by atoms with Gasteiger partial charge in [-0.3, -0.25) is 4.68 Å². The number of hydrogen-bond acceptors (Lipinski definition) is 3. The quantitative estimate of drug-likeness (QED) is 0.871. The number of nitrogen functional groups attached to an aromatic ring is 1. The molecule has 2 aromatic rings. The largest absolute Gasteiger partial charge is 0.493 e. The zero-order valence-corrected chi connectivity index (χ0v) is 9.37. The Morgan fingerprint density at radius 2 is 2.00 bits per heavy atom. The summed E-state index contributed by atoms with van der Waals surface area (Å²) in [7, 11) is 2.93. The van der Waals surface area contributed by atoms with Gasteiger partial charge in [-0.25, -0.2) is 4.39 Å². The minimum Gasteiger partial charge on any atom is -0.493 e. The molecule has 0 aliphatic carbocycles. The van der Waals surface area contributed by atoms with Crippen molar-refractivity contribution < 1.29 is 13.5 Å². The second-order valence-electron chi connectivity index (χ2n) is 3.51. The molecular weight excluding hydrogens is 228 g/mol. The zero-order valence-electron chi connectivity index (χ0n) is 9.37. The molecule has 2 rings (SSSR count). The normalized spacial score (nSPS) is 10.6. The van der Waals surface area contributed by atoms with Crippen molar-refractivity contribution in [2.24, 2.45) is 7.05 Å². The van der Waals surface area contributed by atoms with Crippen LogP contribution in [0, 0.1) is 11.6 Å². The smallest absolute Gasteiger partial charge is 0.201 e. The summed E-state index contributed by atoms with van der Waals surface area (Å²) < 4.78 is 32.9. The summed E-state index contributed by atoms with van der Waals surface area (Å²) >= 11 is 0. The number of anilines is 1. The first-order valence-electron chi connectivity index (χ1n) is 4.86. The Morgan fingerprint density at radius 3 is 2.53 bits per heavy atom. The van der Waals surface area contributed by atoms with E-state index in [4.69, 9.17) is 10.5 Å². The lowest BCUT2D eigenvalue weighted by Crippen LogP contribution is -2.00. The predicted octanol–water partition coefficient (Wildman–Crippen LogP) is 1.96. The van der Waals surface area contributed by atoms with E-state index in [0.29, 0.717) is 16.9 Å². The van der Waals surface area contributed by atoms with Crippen LogP contribution in [0.2, 0.25) is 0 Å². The summed E-state index contributed by atoms with van der Waals surface area (Å²) in [5.41, 5.74) is 6.65. The maximum atomic E-state index is 13.5. The molecule has 17 heavy (non-hydrogen) atoms. The maximum absolute atomic E-state index is 13.5. The lowest BCUT2D eigenvalue weighted by atomic mass is 10.1. The maximum Gasteiger partial charge on any atom is 0.201 e. The highest BCUT2D eigenvalue weighted by molar-refractivity contribution is 5.78. The van der Waals surface area contributed by atoms with Gasteiger partial charge in [-0.1, -0.05) is 0 Å². The first-order chi connectivity index (χ1) is 8.06. The van der Waals surface area contributed by atoms with Crippen molar-refractivity contribution in [1.82, 2.24) is 9.78 Å². The Balaban J connectivity index is 2.68. The Bertz CT molecular complexity index is 566. The Kier molecular flexibility index (Phi) is 2.71. The van der Waals surface area contributed by atoms with E-state index in [9.17, 15) is 8.78 Å². The summed E-state index contributed by atoms with van der Waals surface area (Å²) in [5, 5.41) is 3.94. The standard InChI is InChI=1S/C11H11F2N3O/c1-16-11(14)7(5-15-16)6-3-4-8(12)9(13)10(6)17-2/h3-5H,14H2,1-2H3. The first kappa shape index (κ1) is 11.4. The van der Waals surface area contributed by atoms with Gasteiger partial charge in [-0.05, 0) is 12.1 Å². The van der Waals surface area contributed by atoms with Crippen LogP contribution in [0.4, 0.5) is 14.6 Å². The molecule has 1 aromatic carbocycles. The molecule has 0 bridgehead atoms. The molecule has 4 nitrogen and oxygen atoms in total. The van der Waals surface area contributed by atoms with Crippen LogP contribution in [-0.2, 0) is 7.05 Å². The molecule has 0 atom stereocenters. The molecule has 6 heteroatoms. The highest BCUT2D eigenvalue weighted by Gasteiger charge is 2.18. The van der Waals surface area contributed by atoms with Crippen LogP contribution < -0.4 is 10.5 Å². The molecule has 2 N–H and O–H groups in total. The van der Waals surface area contributed by atoms with Crippen molar-refractivity contribution in [2.45, 2.75) is 0 Å². The van der Waals surface area contributed by atoms with Crippen LogP contribution in [0.1, 0.15) is 0 Å². The van der Waals surface area contributed by atoms with Crippen molar-refractivity contribution in [3.63, 3.8) is 0 Å². The fraction of sp³-hybridized carbons (Fsp3) is 0.182. The lowest BCUT2D eigenvalue weighted by molar-refractivity contribution is 0.373. The van der Waals surface area contributed by atoms with Gasteiger partial charge in [0.15, 0.2) is 11.6 Å². The van der Waals surface area contributed by atoms with Gasteiger partial charge in [0.2, 0.25) is 5.82 Å². The second kappa shape index (κ2) is 4.04. The summed E-state index contributed by atoms with van der Waals surface area (Å²) in [5.74, 6) is -1.82. The molecule has 0 fully saturated rings. The van der Waals surface area contributed by atoms with Crippen LogP contribution in [0.3, 0.4) is 0 Å². The first-order valence-corrected chi connectivity index (χ1v) is 4.86. The molecule has 0 aliphatic heterocycles. The minimum absolute atomic E-state index is 0.176. The van der Waals surface area contributed by atoms with E-state index in [2.05, 4.69) is 5.10 Å². The summed E-state index contributed by atoms with van der Waals surface area (Å²) in [6.07, 6.45) is 1.48. The Hall–Kier alpha value is -2.11. The number of ether oxygens (including phenoxy) is 1. The van der Waals surface area contributed by atoms with Gasteiger partial charge < -0.3 is 10.5 Å². The summed E-state index contributed by atoms with van der Waals surface area (Å²) in [6.45, 7) is 0. The van der Waals surface area contributed by atoms with Crippen LogP contribution >= 0.6 is 0 Å². The van der Waals surface area contributed by atoms with Gasteiger partial charge in [0, 0.05) is 18.2 Å². The molecule has 0 radical (unpaired) electrons. The highest BCUT2D eigenvalue weighted by Crippen LogP contribution is 2.36. The number of benzene rings is 1. The molecule has 90 valence electrons. The monoisotopic (exact) mass is 239 g/mol. The van der Waals surface area contributed by atoms with Gasteiger partial charge >= 0.3 is 0 Å². The third kappa shape index (κ3) is 1.71. The third-order valence-corrected chi connectivity index (χ3v) is 2.53. The van der Waals surface area contributed by atoms with Crippen molar-refractivity contribution in [3.05, 3.63) is 30.0 Å². The van der Waals surface area contributed by atoms with E-state index in [-0.39, 0.29) is 5.75 Å². The van der Waals surface area contributed by atoms with Crippen molar-refractivity contribution in [1.29, 1.82) is 0 Å². The Morgan fingerprint density at radius 1 is 1.29 bits per heavy atom. The molecule has 0 saturated carbocycles. The number of hydrogen-bond donors (Lipinski definition) is 1. The molecule has 1 heterocycles. The molecule has 1 aromatic heterocycles. The van der Waals surface area contributed by atoms with Crippen molar-refractivity contribution in [3.8, 4) is 16.9 Å². The van der Waals surface area contributed by atoms with Gasteiger partial charge in [-0.15, -0.1) is 0 Å². The van der Waals surface area contributed by atoms with Crippen LogP contribution in [-0.4, -0.2) is 16.9 Å². The average molecular weight is 239 g/mol. The fourth-order valence-corrected chi connectivity index (χ4v) is 1.60. The SMILES string of the molecule is COc1c(-c2cnn(C)c2N)ccc(F)c1F. The molecule has 0 saturated heterocycles. The molecule has 0 amide bonds. The number of nitrogens with two attached hydrogens (primary N) is 1. The number of rotatable bonds is 2.